The van der Waals surface area contributed by atoms with E-state index in [1.165, 1.54) is 0 Å². The molecule has 0 saturated carbocycles. The van der Waals surface area contributed by atoms with E-state index in [2.05, 4.69) is 9.51 Å². The van der Waals surface area contributed by atoms with Crippen molar-refractivity contribution >= 4 is 31.5 Å². The van der Waals surface area contributed by atoms with Crippen LogP contribution in [0.25, 0.3) is 11.0 Å². The zero-order chi connectivity index (χ0) is 16.3. The molecule has 120 valence electrons. The van der Waals surface area contributed by atoms with E-state index in [1.54, 1.807) is 16.8 Å². The number of rotatable bonds is 7. The number of fused-ring (bicyclic) bond motifs is 1. The highest BCUT2D eigenvalue weighted by atomic mass is 32.1. The molecule has 0 aromatic carbocycles. The topological polar surface area (TPSA) is 98.5 Å². The van der Waals surface area contributed by atoms with Crippen LogP contribution in [0.15, 0.2) is 17.1 Å². The molecule has 0 fully saturated rings. The molecule has 2 N–H and O–H groups in total. The van der Waals surface area contributed by atoms with E-state index in [9.17, 15) is 9.36 Å². The number of aromatic amines is 1. The highest BCUT2D eigenvalue weighted by Gasteiger charge is 2.17. The Morgan fingerprint density at radius 2 is 2.18 bits per heavy atom. The number of aromatic nitrogens is 3. The molecule has 2 heterocycles. The molecule has 0 aliphatic rings. The van der Waals surface area contributed by atoms with Crippen LogP contribution in [0.4, 0.5) is 0 Å². The van der Waals surface area contributed by atoms with Gasteiger partial charge in [-0.1, -0.05) is 4.52 Å². The third-order valence-corrected chi connectivity index (χ3v) is 3.78. The van der Waals surface area contributed by atoms with E-state index >= 15 is 0 Å². The van der Waals surface area contributed by atoms with E-state index in [-0.39, 0.29) is 17.6 Å². The van der Waals surface area contributed by atoms with Crippen LogP contribution in [0.1, 0.15) is 13.8 Å². The van der Waals surface area contributed by atoms with E-state index in [4.69, 9.17) is 21.8 Å². The van der Waals surface area contributed by atoms with Gasteiger partial charge in [-0.25, -0.2) is 0 Å². The summed E-state index contributed by atoms with van der Waals surface area (Å²) in [5.74, 6) is 0. The quantitative estimate of drug-likeness (QED) is 0.587. The van der Waals surface area contributed by atoms with E-state index in [0.717, 1.165) is 4.57 Å². The summed E-state index contributed by atoms with van der Waals surface area (Å²) in [5, 5.41) is 0. The van der Waals surface area contributed by atoms with Gasteiger partial charge in [-0.15, -0.1) is 4.89 Å². The molecule has 8 nitrogen and oxygen atoms in total. The van der Waals surface area contributed by atoms with Crippen molar-refractivity contribution in [2.45, 2.75) is 33.2 Å². The summed E-state index contributed by atoms with van der Waals surface area (Å²) in [6.45, 7) is 4.36. The van der Waals surface area contributed by atoms with Gasteiger partial charge in [0.05, 0.1) is 18.2 Å². The molecule has 10 heteroatoms. The Balaban J connectivity index is 2.45. The third-order valence-electron chi connectivity index (χ3n) is 3.00. The lowest BCUT2D eigenvalue weighted by Crippen LogP contribution is -2.27. The molecule has 0 aliphatic carbocycles. The van der Waals surface area contributed by atoms with Gasteiger partial charge in [0.25, 0.3) is 5.56 Å². The zero-order valence-corrected chi connectivity index (χ0v) is 13.9. The highest BCUT2D eigenvalue weighted by molar-refractivity contribution is 7.71. The maximum atomic E-state index is 12.3. The van der Waals surface area contributed by atoms with Gasteiger partial charge < -0.3 is 14.3 Å². The predicted molar refractivity (Wildman–Crippen MR) is 83.4 cm³/mol. The van der Waals surface area contributed by atoms with Crippen molar-refractivity contribution in [2.75, 3.05) is 6.61 Å². The Kier molecular flexibility index (Phi) is 5.60. The summed E-state index contributed by atoms with van der Waals surface area (Å²) in [7, 11) is -2.81. The minimum atomic E-state index is -2.81. The third kappa shape index (κ3) is 3.68. The van der Waals surface area contributed by atoms with Crippen molar-refractivity contribution in [3.05, 3.63) is 27.4 Å². The summed E-state index contributed by atoms with van der Waals surface area (Å²) in [6.07, 6.45) is 1.72. The van der Waals surface area contributed by atoms with Crippen LogP contribution >= 0.6 is 20.5 Å². The second-order valence-electron chi connectivity index (χ2n) is 4.82. The maximum Gasteiger partial charge on any atom is 0.696 e. The molecule has 0 aliphatic heterocycles. The second-order valence-corrected chi connectivity index (χ2v) is 5.92. The molecule has 0 amide bonds. The van der Waals surface area contributed by atoms with Gasteiger partial charge in [-0.2, -0.15) is 0 Å². The normalized spacial score (nSPS) is 12.3. The molecular formula is C12H17N3O5PS+. The fourth-order valence-electron chi connectivity index (χ4n) is 2.04. The maximum absolute atomic E-state index is 12.3. The van der Waals surface area contributed by atoms with E-state index in [1.807, 2.05) is 13.8 Å². The number of ether oxygens (including phenoxy) is 1. The molecule has 0 saturated heterocycles. The van der Waals surface area contributed by atoms with Crippen molar-refractivity contribution in [1.82, 2.24) is 14.1 Å². The molecule has 1 unspecified atom stereocenters. The fraction of sp³-hybridized carbons (Fsp3) is 0.500. The minimum Gasteiger partial charge on any atom is -0.377 e. The lowest BCUT2D eigenvalue weighted by molar-refractivity contribution is 0.0725. The van der Waals surface area contributed by atoms with Crippen LogP contribution < -0.4 is 5.56 Å². The molecule has 2 aromatic heterocycles. The number of H-pyrrole nitrogens is 1. The zero-order valence-electron chi connectivity index (χ0n) is 12.2. The van der Waals surface area contributed by atoms with Crippen LogP contribution in [0.5, 0.6) is 0 Å². The van der Waals surface area contributed by atoms with Crippen molar-refractivity contribution in [3.8, 4) is 0 Å². The smallest absolute Gasteiger partial charge is 0.377 e. The van der Waals surface area contributed by atoms with Gasteiger partial charge in [0.1, 0.15) is 5.52 Å². The monoisotopic (exact) mass is 346 g/mol. The van der Waals surface area contributed by atoms with Gasteiger partial charge in [0, 0.05) is 17.3 Å². The Morgan fingerprint density at radius 3 is 2.82 bits per heavy atom. The molecular weight excluding hydrogens is 329 g/mol. The Hall–Kier alpha value is -1.38. The van der Waals surface area contributed by atoms with Crippen molar-refractivity contribution < 1.29 is 18.7 Å². The number of hydrogen-bond donors (Lipinski definition) is 2. The summed E-state index contributed by atoms with van der Waals surface area (Å²) < 4.78 is 23.9. The first-order valence-corrected chi connectivity index (χ1v) is 8.17. The van der Waals surface area contributed by atoms with E-state index < -0.39 is 13.8 Å². The highest BCUT2D eigenvalue weighted by Crippen LogP contribution is 2.16. The summed E-state index contributed by atoms with van der Waals surface area (Å²) in [4.78, 5) is 23.9. The second kappa shape index (κ2) is 7.26. The van der Waals surface area contributed by atoms with Crippen LogP contribution in [0.3, 0.4) is 0 Å². The van der Waals surface area contributed by atoms with Gasteiger partial charge in [-0.05, 0) is 32.1 Å². The molecule has 0 spiro atoms. The van der Waals surface area contributed by atoms with E-state index in [0.29, 0.717) is 24.2 Å². The molecule has 2 rings (SSSR count). The molecule has 0 radical (unpaired) electrons. The Bertz CT molecular complexity index is 794. The SMILES string of the molecule is CC(C)OCCn1c(=S)n(CO[P+](=O)O)c(=O)c2[nH]ccc21. The summed E-state index contributed by atoms with van der Waals surface area (Å²) in [5.41, 5.74) is 0.616. The van der Waals surface area contributed by atoms with Crippen LogP contribution in [0.2, 0.25) is 0 Å². The first-order valence-electron chi connectivity index (χ1n) is 6.63. The van der Waals surface area contributed by atoms with Crippen LogP contribution in [0, 0.1) is 4.77 Å². The predicted octanol–water partition coefficient (Wildman–Crippen LogP) is 1.91. The van der Waals surface area contributed by atoms with Crippen molar-refractivity contribution in [2.24, 2.45) is 0 Å². The summed E-state index contributed by atoms with van der Waals surface area (Å²) >= 11 is 5.30. The van der Waals surface area contributed by atoms with Gasteiger partial charge in [0.15, 0.2) is 11.5 Å². The fourth-order valence-corrected chi connectivity index (χ4v) is 2.58. The number of nitrogens with one attached hydrogen (secondary N) is 1. The first-order chi connectivity index (χ1) is 10.4. The number of nitrogens with zero attached hydrogens (tertiary/aromatic N) is 2. The minimum absolute atomic E-state index is 0.0866. The van der Waals surface area contributed by atoms with Crippen LogP contribution in [-0.4, -0.2) is 31.7 Å². The van der Waals surface area contributed by atoms with Crippen molar-refractivity contribution in [1.29, 1.82) is 0 Å². The van der Waals surface area contributed by atoms with Crippen molar-refractivity contribution in [3.63, 3.8) is 0 Å². The summed E-state index contributed by atoms with van der Waals surface area (Å²) in [6, 6.07) is 1.75. The lowest BCUT2D eigenvalue weighted by Gasteiger charge is -2.14. The largest absolute Gasteiger partial charge is 0.696 e. The van der Waals surface area contributed by atoms with Crippen LogP contribution in [-0.2, 0) is 27.1 Å². The Labute approximate surface area is 132 Å². The van der Waals surface area contributed by atoms with Gasteiger partial charge in [0.2, 0.25) is 0 Å². The average Bonchev–Trinajstić information content (AvgIpc) is 2.91. The molecule has 0 bridgehead atoms. The number of hydrogen-bond acceptors (Lipinski definition) is 5. The standard InChI is InChI=1S/C12H16N3O5PS/c1-8(2)19-6-5-14-9-3-4-13-10(9)11(16)15(12(14)22)7-20-21(17)18/h3-4,8H,5-7H2,1-2H3,(H-,13,16,17,18)/p+1. The Morgan fingerprint density at radius 1 is 1.45 bits per heavy atom. The first kappa shape index (κ1) is 17.0. The molecule has 2 aromatic rings. The molecule has 22 heavy (non-hydrogen) atoms. The molecule has 1 atom stereocenters. The van der Waals surface area contributed by atoms with Gasteiger partial charge >= 0.3 is 8.25 Å². The lowest BCUT2D eigenvalue weighted by atomic mass is 10.4. The van der Waals surface area contributed by atoms with Gasteiger partial charge in [-0.3, -0.25) is 9.36 Å². The average molecular weight is 346 g/mol.